The van der Waals surface area contributed by atoms with Gasteiger partial charge in [-0.2, -0.15) is 0 Å². The molecule has 0 saturated heterocycles. The summed E-state index contributed by atoms with van der Waals surface area (Å²) in [5.74, 6) is -1.81. The second-order valence-corrected chi connectivity index (χ2v) is 4.61. The highest BCUT2D eigenvalue weighted by Crippen LogP contribution is 2.16. The van der Waals surface area contributed by atoms with Crippen LogP contribution in [-0.2, 0) is 6.42 Å². The molecule has 0 radical (unpaired) electrons. The van der Waals surface area contributed by atoms with E-state index in [-0.39, 0.29) is 17.8 Å². The van der Waals surface area contributed by atoms with Crippen LogP contribution in [-0.4, -0.2) is 10.8 Å². The SMILES string of the molecule is O=C(Cc1c(F)cccc1F)c1cncc(Br)c1. The van der Waals surface area contributed by atoms with Crippen molar-refractivity contribution in [2.75, 3.05) is 0 Å². The van der Waals surface area contributed by atoms with Crippen molar-refractivity contribution in [2.45, 2.75) is 6.42 Å². The van der Waals surface area contributed by atoms with E-state index in [0.29, 0.717) is 10.0 Å². The Morgan fingerprint density at radius 1 is 1.22 bits per heavy atom. The maximum Gasteiger partial charge on any atom is 0.169 e. The molecule has 0 atom stereocenters. The molecule has 0 amide bonds. The zero-order valence-corrected chi connectivity index (χ0v) is 10.7. The van der Waals surface area contributed by atoms with Gasteiger partial charge in [0.25, 0.3) is 0 Å². The van der Waals surface area contributed by atoms with Gasteiger partial charge in [0.05, 0.1) is 0 Å². The molecule has 0 bridgehead atoms. The molecule has 1 aromatic heterocycles. The predicted octanol–water partition coefficient (Wildman–Crippen LogP) is 3.55. The molecule has 0 spiro atoms. The predicted molar refractivity (Wildman–Crippen MR) is 66.3 cm³/mol. The molecular formula is C13H8BrF2NO. The van der Waals surface area contributed by atoms with E-state index in [1.165, 1.54) is 18.5 Å². The van der Waals surface area contributed by atoms with Crippen LogP contribution < -0.4 is 0 Å². The average molecular weight is 312 g/mol. The molecule has 1 aromatic carbocycles. The number of ketones is 1. The van der Waals surface area contributed by atoms with Crippen LogP contribution in [0.2, 0.25) is 0 Å². The van der Waals surface area contributed by atoms with Gasteiger partial charge in [-0.1, -0.05) is 6.07 Å². The van der Waals surface area contributed by atoms with Gasteiger partial charge in [-0.05, 0) is 34.1 Å². The summed E-state index contributed by atoms with van der Waals surface area (Å²) in [6, 6.07) is 5.09. The minimum absolute atomic E-state index is 0.220. The van der Waals surface area contributed by atoms with Crippen molar-refractivity contribution in [1.29, 1.82) is 0 Å². The lowest BCUT2D eigenvalue weighted by Gasteiger charge is -2.04. The first-order valence-corrected chi connectivity index (χ1v) is 5.94. The number of hydrogen-bond donors (Lipinski definition) is 0. The highest BCUT2D eigenvalue weighted by atomic mass is 79.9. The molecule has 5 heteroatoms. The minimum atomic E-state index is -0.716. The summed E-state index contributed by atoms with van der Waals surface area (Å²) in [6.45, 7) is 0. The van der Waals surface area contributed by atoms with Gasteiger partial charge in [-0.25, -0.2) is 8.78 Å². The highest BCUT2D eigenvalue weighted by molar-refractivity contribution is 9.10. The Morgan fingerprint density at radius 2 is 1.89 bits per heavy atom. The second-order valence-electron chi connectivity index (χ2n) is 3.69. The lowest BCUT2D eigenvalue weighted by atomic mass is 10.0. The van der Waals surface area contributed by atoms with E-state index in [2.05, 4.69) is 20.9 Å². The van der Waals surface area contributed by atoms with Crippen LogP contribution in [0, 0.1) is 11.6 Å². The molecule has 0 fully saturated rings. The van der Waals surface area contributed by atoms with E-state index in [1.54, 1.807) is 6.07 Å². The molecule has 0 N–H and O–H groups in total. The smallest absolute Gasteiger partial charge is 0.169 e. The quantitative estimate of drug-likeness (QED) is 0.811. The minimum Gasteiger partial charge on any atom is -0.294 e. The third-order valence-electron chi connectivity index (χ3n) is 2.43. The van der Waals surface area contributed by atoms with E-state index in [4.69, 9.17) is 0 Å². The largest absolute Gasteiger partial charge is 0.294 e. The first-order chi connectivity index (χ1) is 8.58. The van der Waals surface area contributed by atoms with Crippen LogP contribution in [0.3, 0.4) is 0 Å². The van der Waals surface area contributed by atoms with Crippen molar-refractivity contribution in [3.63, 3.8) is 0 Å². The highest BCUT2D eigenvalue weighted by Gasteiger charge is 2.14. The summed E-state index contributed by atoms with van der Waals surface area (Å²) in [6.07, 6.45) is 2.57. The summed E-state index contributed by atoms with van der Waals surface area (Å²) in [5, 5.41) is 0. The Labute approximate surface area is 111 Å². The van der Waals surface area contributed by atoms with Crippen molar-refractivity contribution in [1.82, 2.24) is 4.98 Å². The molecule has 2 nitrogen and oxygen atoms in total. The van der Waals surface area contributed by atoms with Crippen LogP contribution in [0.5, 0.6) is 0 Å². The summed E-state index contributed by atoms with van der Waals surface area (Å²) in [5.41, 5.74) is 0.0921. The molecule has 0 aliphatic heterocycles. The van der Waals surface area contributed by atoms with Gasteiger partial charge in [0.2, 0.25) is 0 Å². The number of carbonyl (C=O) groups is 1. The number of pyridine rings is 1. The van der Waals surface area contributed by atoms with Gasteiger partial charge in [0.1, 0.15) is 11.6 Å². The first-order valence-electron chi connectivity index (χ1n) is 5.14. The normalized spacial score (nSPS) is 10.4. The van der Waals surface area contributed by atoms with Gasteiger partial charge in [-0.15, -0.1) is 0 Å². The lowest BCUT2D eigenvalue weighted by Crippen LogP contribution is -2.07. The average Bonchev–Trinajstić information content (AvgIpc) is 2.34. The van der Waals surface area contributed by atoms with Crippen molar-refractivity contribution in [3.05, 3.63) is 63.9 Å². The maximum atomic E-state index is 13.4. The van der Waals surface area contributed by atoms with Gasteiger partial charge in [0.15, 0.2) is 5.78 Å². The van der Waals surface area contributed by atoms with Crippen LogP contribution >= 0.6 is 15.9 Å². The van der Waals surface area contributed by atoms with E-state index in [9.17, 15) is 13.6 Å². The Kier molecular flexibility index (Phi) is 3.81. The number of hydrogen-bond acceptors (Lipinski definition) is 2. The topological polar surface area (TPSA) is 30.0 Å². The molecule has 0 unspecified atom stereocenters. The summed E-state index contributed by atoms with van der Waals surface area (Å²) in [4.78, 5) is 15.7. The standard InChI is InChI=1S/C13H8BrF2NO/c14-9-4-8(6-17-7-9)13(18)5-10-11(15)2-1-3-12(10)16/h1-4,6-7H,5H2. The Balaban J connectivity index is 2.27. The number of benzene rings is 1. The lowest BCUT2D eigenvalue weighted by molar-refractivity contribution is 0.0990. The molecule has 2 rings (SSSR count). The number of rotatable bonds is 3. The molecule has 1 heterocycles. The monoisotopic (exact) mass is 311 g/mol. The molecule has 0 aliphatic carbocycles. The van der Waals surface area contributed by atoms with E-state index in [1.807, 2.05) is 0 Å². The molecule has 2 aromatic rings. The van der Waals surface area contributed by atoms with Gasteiger partial charge in [0, 0.05) is 34.4 Å². The number of nitrogens with zero attached hydrogens (tertiary/aromatic N) is 1. The van der Waals surface area contributed by atoms with Crippen LogP contribution in [0.15, 0.2) is 41.1 Å². The zero-order valence-electron chi connectivity index (χ0n) is 9.16. The third kappa shape index (κ3) is 2.79. The fourth-order valence-corrected chi connectivity index (χ4v) is 1.89. The molecular weight excluding hydrogens is 304 g/mol. The fraction of sp³-hybridized carbons (Fsp3) is 0.0769. The van der Waals surface area contributed by atoms with Crippen LogP contribution in [0.1, 0.15) is 15.9 Å². The number of halogens is 3. The maximum absolute atomic E-state index is 13.4. The van der Waals surface area contributed by atoms with Crippen molar-refractivity contribution < 1.29 is 13.6 Å². The Morgan fingerprint density at radius 3 is 2.50 bits per heavy atom. The zero-order chi connectivity index (χ0) is 13.1. The first kappa shape index (κ1) is 12.8. The second kappa shape index (κ2) is 5.35. The van der Waals surface area contributed by atoms with Crippen LogP contribution in [0.25, 0.3) is 0 Å². The summed E-state index contributed by atoms with van der Waals surface area (Å²) in [7, 11) is 0. The van der Waals surface area contributed by atoms with Crippen molar-refractivity contribution >= 4 is 21.7 Å². The number of aromatic nitrogens is 1. The van der Waals surface area contributed by atoms with E-state index >= 15 is 0 Å². The number of carbonyl (C=O) groups excluding carboxylic acids is 1. The van der Waals surface area contributed by atoms with E-state index < -0.39 is 11.6 Å². The van der Waals surface area contributed by atoms with Gasteiger partial charge in [-0.3, -0.25) is 9.78 Å². The fourth-order valence-electron chi connectivity index (χ4n) is 1.53. The molecule has 0 aliphatic rings. The summed E-state index contributed by atoms with van der Waals surface area (Å²) >= 11 is 3.18. The Bertz CT molecular complexity index is 581. The van der Waals surface area contributed by atoms with Gasteiger partial charge >= 0.3 is 0 Å². The van der Waals surface area contributed by atoms with Crippen LogP contribution in [0.4, 0.5) is 8.78 Å². The van der Waals surface area contributed by atoms with Gasteiger partial charge < -0.3 is 0 Å². The number of Topliss-reactive ketones (excluding diaryl/α,β-unsaturated/α-hetero) is 1. The Hall–Kier alpha value is -1.62. The summed E-state index contributed by atoms with van der Waals surface area (Å²) < 4.78 is 27.4. The molecule has 0 saturated carbocycles. The molecule has 18 heavy (non-hydrogen) atoms. The third-order valence-corrected chi connectivity index (χ3v) is 2.86. The van der Waals surface area contributed by atoms with E-state index in [0.717, 1.165) is 12.1 Å². The van der Waals surface area contributed by atoms with Crippen molar-refractivity contribution in [3.8, 4) is 0 Å². The van der Waals surface area contributed by atoms with Crippen molar-refractivity contribution in [2.24, 2.45) is 0 Å². The molecule has 92 valence electrons.